The lowest BCUT2D eigenvalue weighted by Gasteiger charge is -2.32. The monoisotopic (exact) mass is 511 g/mol. The van der Waals surface area contributed by atoms with Crippen molar-refractivity contribution in [2.75, 3.05) is 13.1 Å². The number of aromatic nitrogens is 4. The van der Waals surface area contributed by atoms with Crippen molar-refractivity contribution >= 4 is 32.8 Å². The molecule has 1 aliphatic heterocycles. The largest absolute Gasteiger partial charge is 0.390 e. The van der Waals surface area contributed by atoms with Crippen molar-refractivity contribution in [2.45, 2.75) is 43.7 Å². The molecule has 4 heterocycles. The van der Waals surface area contributed by atoms with Gasteiger partial charge in [0.15, 0.2) is 5.65 Å². The van der Waals surface area contributed by atoms with Crippen molar-refractivity contribution in [1.29, 1.82) is 0 Å². The Balaban J connectivity index is 1.48. The third-order valence-electron chi connectivity index (χ3n) is 6.53. The van der Waals surface area contributed by atoms with Crippen LogP contribution in [0.25, 0.3) is 22.6 Å². The Morgan fingerprint density at radius 1 is 1.06 bits per heavy atom. The first-order valence-electron chi connectivity index (χ1n) is 11.6. The molecular formula is C25H26ClN5O3S. The van der Waals surface area contributed by atoms with Crippen LogP contribution in [0.2, 0.25) is 5.02 Å². The molecule has 1 aromatic carbocycles. The van der Waals surface area contributed by atoms with Crippen molar-refractivity contribution in [3.63, 3.8) is 0 Å². The van der Waals surface area contributed by atoms with Gasteiger partial charge in [0.2, 0.25) is 10.0 Å². The standard InChI is InChI=1S/C25H26ClN5O3S/c1-2-17-3-6-20(7-4-17)35(33,34)30-13-10-19(11-14-30)31-24(21-9-12-27-15-22(21)26)29-23-8-5-18(16-32)28-25(23)31/h3-9,12,15,19,32H,2,10-11,13-14,16H2,1H3. The number of sulfonamides is 1. The van der Waals surface area contributed by atoms with Crippen molar-refractivity contribution in [1.82, 2.24) is 23.8 Å². The number of rotatable bonds is 6. The smallest absolute Gasteiger partial charge is 0.243 e. The van der Waals surface area contributed by atoms with Crippen molar-refractivity contribution in [3.8, 4) is 11.4 Å². The van der Waals surface area contributed by atoms with Gasteiger partial charge in [-0.25, -0.2) is 18.4 Å². The maximum Gasteiger partial charge on any atom is 0.243 e. The van der Waals surface area contributed by atoms with Gasteiger partial charge in [0.1, 0.15) is 11.3 Å². The molecule has 8 nitrogen and oxygen atoms in total. The molecule has 35 heavy (non-hydrogen) atoms. The van der Waals surface area contributed by atoms with Crippen molar-refractivity contribution in [2.24, 2.45) is 0 Å². The molecule has 0 spiro atoms. The molecule has 10 heteroatoms. The van der Waals surface area contributed by atoms with E-state index in [1.54, 1.807) is 34.9 Å². The van der Waals surface area contributed by atoms with Gasteiger partial charge >= 0.3 is 0 Å². The van der Waals surface area contributed by atoms with Crippen LogP contribution in [0.15, 0.2) is 59.8 Å². The number of aliphatic hydroxyl groups is 1. The van der Waals surface area contributed by atoms with Crippen LogP contribution in [-0.2, 0) is 23.1 Å². The molecule has 0 amide bonds. The van der Waals surface area contributed by atoms with Crippen LogP contribution in [0.4, 0.5) is 0 Å². The number of hydrogen-bond acceptors (Lipinski definition) is 6. The first kappa shape index (κ1) is 23.9. The van der Waals surface area contributed by atoms with Gasteiger partial charge in [-0.1, -0.05) is 30.7 Å². The Hall–Kier alpha value is -2.85. The highest BCUT2D eigenvalue weighted by Crippen LogP contribution is 2.36. The highest BCUT2D eigenvalue weighted by molar-refractivity contribution is 7.89. The molecule has 0 saturated carbocycles. The maximum absolute atomic E-state index is 13.3. The van der Waals surface area contributed by atoms with E-state index in [1.807, 2.05) is 35.8 Å². The molecule has 0 bridgehead atoms. The fourth-order valence-corrected chi connectivity index (χ4v) is 6.25. The van der Waals surface area contributed by atoms with E-state index in [-0.39, 0.29) is 12.6 Å². The summed E-state index contributed by atoms with van der Waals surface area (Å²) < 4.78 is 30.1. The average molecular weight is 512 g/mol. The second kappa shape index (κ2) is 9.66. The average Bonchev–Trinajstić information content (AvgIpc) is 3.27. The lowest BCUT2D eigenvalue weighted by Crippen LogP contribution is -2.39. The summed E-state index contributed by atoms with van der Waals surface area (Å²) in [5, 5.41) is 10.1. The molecule has 0 radical (unpaired) electrons. The van der Waals surface area contributed by atoms with Gasteiger partial charge in [0.05, 0.1) is 22.2 Å². The van der Waals surface area contributed by atoms with E-state index in [4.69, 9.17) is 16.6 Å². The summed E-state index contributed by atoms with van der Waals surface area (Å²) >= 11 is 6.46. The first-order valence-corrected chi connectivity index (χ1v) is 13.4. The molecule has 1 aliphatic rings. The van der Waals surface area contributed by atoms with Crippen LogP contribution >= 0.6 is 11.6 Å². The van der Waals surface area contributed by atoms with Crippen LogP contribution in [0.5, 0.6) is 0 Å². The SMILES string of the molecule is CCc1ccc(S(=O)(=O)N2CCC(n3c(-c4ccncc4Cl)nc4ccc(CO)nc43)CC2)cc1. The Labute approximate surface area is 209 Å². The molecule has 5 rings (SSSR count). The minimum absolute atomic E-state index is 0.0328. The normalized spacial score (nSPS) is 15.6. The number of halogens is 1. The highest BCUT2D eigenvalue weighted by atomic mass is 35.5. The molecule has 4 aromatic rings. The summed E-state index contributed by atoms with van der Waals surface area (Å²) in [5.41, 5.74) is 3.72. The number of aliphatic hydroxyl groups excluding tert-OH is 1. The number of benzene rings is 1. The van der Waals surface area contributed by atoms with Gasteiger partial charge in [-0.15, -0.1) is 0 Å². The quantitative estimate of drug-likeness (QED) is 0.416. The van der Waals surface area contributed by atoms with E-state index in [0.717, 1.165) is 17.5 Å². The predicted molar refractivity (Wildman–Crippen MR) is 135 cm³/mol. The Kier molecular flexibility index (Phi) is 6.59. The molecule has 0 atom stereocenters. The summed E-state index contributed by atoms with van der Waals surface area (Å²) in [4.78, 5) is 13.8. The third-order valence-corrected chi connectivity index (χ3v) is 8.74. The Morgan fingerprint density at radius 2 is 1.80 bits per heavy atom. The van der Waals surface area contributed by atoms with Gasteiger partial charge in [-0.2, -0.15) is 4.31 Å². The number of nitrogens with zero attached hydrogens (tertiary/aromatic N) is 5. The van der Waals surface area contributed by atoms with Gasteiger partial charge in [0.25, 0.3) is 0 Å². The van der Waals surface area contributed by atoms with E-state index < -0.39 is 10.0 Å². The fraction of sp³-hybridized carbons (Fsp3) is 0.320. The van der Waals surface area contributed by atoms with Gasteiger partial charge in [0, 0.05) is 37.1 Å². The predicted octanol–water partition coefficient (Wildman–Crippen LogP) is 4.23. The van der Waals surface area contributed by atoms with Crippen LogP contribution in [0, 0.1) is 0 Å². The molecular weight excluding hydrogens is 486 g/mol. The van der Waals surface area contributed by atoms with E-state index in [0.29, 0.717) is 58.5 Å². The number of aryl methyl sites for hydroxylation is 1. The zero-order valence-electron chi connectivity index (χ0n) is 19.3. The fourth-order valence-electron chi connectivity index (χ4n) is 4.58. The molecule has 1 saturated heterocycles. The number of piperidine rings is 1. The highest BCUT2D eigenvalue weighted by Gasteiger charge is 2.32. The lowest BCUT2D eigenvalue weighted by atomic mass is 10.1. The molecule has 0 unspecified atom stereocenters. The van der Waals surface area contributed by atoms with Gasteiger partial charge in [-0.05, 0) is 55.2 Å². The molecule has 182 valence electrons. The maximum atomic E-state index is 13.3. The van der Waals surface area contributed by atoms with E-state index in [9.17, 15) is 13.5 Å². The number of pyridine rings is 2. The van der Waals surface area contributed by atoms with Crippen LogP contribution in [0.1, 0.15) is 37.1 Å². The second-order valence-electron chi connectivity index (χ2n) is 8.60. The first-order chi connectivity index (χ1) is 16.9. The summed E-state index contributed by atoms with van der Waals surface area (Å²) in [5.74, 6) is 0.659. The topological polar surface area (TPSA) is 101 Å². The number of fused-ring (bicyclic) bond motifs is 1. The molecule has 0 aliphatic carbocycles. The van der Waals surface area contributed by atoms with Crippen LogP contribution in [0.3, 0.4) is 0 Å². The zero-order valence-corrected chi connectivity index (χ0v) is 20.9. The molecule has 1 fully saturated rings. The molecule has 3 aromatic heterocycles. The van der Waals surface area contributed by atoms with E-state index >= 15 is 0 Å². The zero-order chi connectivity index (χ0) is 24.6. The second-order valence-corrected chi connectivity index (χ2v) is 10.9. The minimum Gasteiger partial charge on any atom is -0.390 e. The van der Waals surface area contributed by atoms with Crippen LogP contribution in [-0.4, -0.2) is 50.4 Å². The summed E-state index contributed by atoms with van der Waals surface area (Å²) in [6.07, 6.45) is 5.29. The van der Waals surface area contributed by atoms with Crippen LogP contribution < -0.4 is 0 Å². The summed E-state index contributed by atoms with van der Waals surface area (Å²) in [7, 11) is -3.57. The Morgan fingerprint density at radius 3 is 2.46 bits per heavy atom. The Bertz CT molecular complexity index is 1460. The third kappa shape index (κ3) is 4.45. The number of hydrogen-bond donors (Lipinski definition) is 1. The van der Waals surface area contributed by atoms with Gasteiger partial charge in [-0.3, -0.25) is 4.98 Å². The van der Waals surface area contributed by atoms with Crippen molar-refractivity contribution in [3.05, 3.63) is 71.1 Å². The van der Waals surface area contributed by atoms with Crippen molar-refractivity contribution < 1.29 is 13.5 Å². The number of imidazole rings is 1. The van der Waals surface area contributed by atoms with E-state index in [1.165, 1.54) is 0 Å². The lowest BCUT2D eigenvalue weighted by molar-refractivity contribution is 0.273. The summed E-state index contributed by atoms with van der Waals surface area (Å²) in [6, 6.07) is 12.5. The minimum atomic E-state index is -3.57. The molecule has 1 N–H and O–H groups in total. The van der Waals surface area contributed by atoms with Gasteiger partial charge < -0.3 is 9.67 Å². The van der Waals surface area contributed by atoms with E-state index in [2.05, 4.69) is 9.97 Å². The summed E-state index contributed by atoms with van der Waals surface area (Å²) in [6.45, 7) is 2.62.